The molecule has 1 N–H and O–H groups in total. The molecule has 3 heterocycles. The Morgan fingerprint density at radius 3 is 2.68 bits per heavy atom. The van der Waals surface area contributed by atoms with Crippen LogP contribution in [0, 0.1) is 0 Å². The molecule has 8 nitrogen and oxygen atoms in total. The maximum Gasteiger partial charge on any atom is 0.301 e. The first kappa shape index (κ1) is 24.5. The fraction of sp³-hybridized carbons (Fsp3) is 0.214. The van der Waals surface area contributed by atoms with Crippen molar-refractivity contribution in [1.82, 2.24) is 9.97 Å². The summed E-state index contributed by atoms with van der Waals surface area (Å²) in [7, 11) is 0. The first-order valence-electron chi connectivity index (χ1n) is 11.9. The Bertz CT molecular complexity index is 1510. The van der Waals surface area contributed by atoms with E-state index < -0.39 is 17.7 Å². The van der Waals surface area contributed by atoms with Crippen LogP contribution in [0.1, 0.15) is 37.9 Å². The van der Waals surface area contributed by atoms with Gasteiger partial charge in [0.25, 0.3) is 5.78 Å². The minimum absolute atomic E-state index is 0.0334. The minimum atomic E-state index is -0.907. The Labute approximate surface area is 217 Å². The number of aliphatic hydroxyl groups is 1. The molecule has 1 amide bonds. The molecular weight excluding hydrogens is 490 g/mol. The SMILES string of the molecule is CCOc1ccc2nc(N3C(=O)C(=O)/C(=C(/O)c4cccc(OC(C)C)c4)C3c3cccnc3)sc2c1. The summed E-state index contributed by atoms with van der Waals surface area (Å²) in [6, 6.07) is 14.9. The summed E-state index contributed by atoms with van der Waals surface area (Å²) in [5.74, 6) is -0.615. The van der Waals surface area contributed by atoms with Crippen molar-refractivity contribution in [2.75, 3.05) is 11.5 Å². The van der Waals surface area contributed by atoms with Crippen LogP contribution in [0.2, 0.25) is 0 Å². The average Bonchev–Trinajstić information content (AvgIpc) is 3.42. The van der Waals surface area contributed by atoms with Gasteiger partial charge in [-0.25, -0.2) is 4.98 Å². The van der Waals surface area contributed by atoms with E-state index in [2.05, 4.69) is 9.97 Å². The summed E-state index contributed by atoms with van der Waals surface area (Å²) in [5.41, 5.74) is 1.59. The largest absolute Gasteiger partial charge is 0.507 e. The molecule has 0 spiro atoms. The van der Waals surface area contributed by atoms with Crippen LogP contribution in [0.4, 0.5) is 5.13 Å². The second-order valence-corrected chi connectivity index (χ2v) is 9.72. The summed E-state index contributed by atoms with van der Waals surface area (Å²) < 4.78 is 12.2. The van der Waals surface area contributed by atoms with Gasteiger partial charge < -0.3 is 14.6 Å². The summed E-state index contributed by atoms with van der Waals surface area (Å²) >= 11 is 1.27. The molecule has 1 aliphatic rings. The monoisotopic (exact) mass is 515 g/mol. The predicted molar refractivity (Wildman–Crippen MR) is 142 cm³/mol. The van der Waals surface area contributed by atoms with Gasteiger partial charge in [-0.15, -0.1) is 0 Å². The zero-order chi connectivity index (χ0) is 26.1. The Kier molecular flexibility index (Phi) is 6.62. The van der Waals surface area contributed by atoms with E-state index >= 15 is 0 Å². The lowest BCUT2D eigenvalue weighted by atomic mass is 9.96. The van der Waals surface area contributed by atoms with E-state index in [1.807, 2.05) is 39.0 Å². The van der Waals surface area contributed by atoms with E-state index in [4.69, 9.17) is 9.47 Å². The first-order valence-corrected chi connectivity index (χ1v) is 12.7. The number of amides is 1. The van der Waals surface area contributed by atoms with Crippen LogP contribution in [-0.2, 0) is 9.59 Å². The fourth-order valence-electron chi connectivity index (χ4n) is 4.28. The molecule has 9 heteroatoms. The number of nitrogens with zero attached hydrogens (tertiary/aromatic N) is 3. The van der Waals surface area contributed by atoms with E-state index in [0.717, 1.165) is 4.70 Å². The number of hydrogen-bond acceptors (Lipinski definition) is 8. The molecule has 188 valence electrons. The number of anilines is 1. The number of ketones is 1. The van der Waals surface area contributed by atoms with Crippen molar-refractivity contribution in [3.05, 3.63) is 83.7 Å². The Morgan fingerprint density at radius 1 is 1.11 bits per heavy atom. The number of rotatable bonds is 7. The number of hydrogen-bond donors (Lipinski definition) is 1. The van der Waals surface area contributed by atoms with Crippen molar-refractivity contribution in [3.63, 3.8) is 0 Å². The van der Waals surface area contributed by atoms with Crippen molar-refractivity contribution < 1.29 is 24.2 Å². The summed E-state index contributed by atoms with van der Waals surface area (Å²) in [4.78, 5) is 37.0. The molecule has 4 aromatic rings. The van der Waals surface area contributed by atoms with Crippen LogP contribution in [0.25, 0.3) is 16.0 Å². The van der Waals surface area contributed by atoms with Crippen LogP contribution >= 0.6 is 11.3 Å². The number of aromatic nitrogens is 2. The number of pyridine rings is 1. The Hall–Kier alpha value is -4.24. The van der Waals surface area contributed by atoms with E-state index in [0.29, 0.717) is 39.9 Å². The third-order valence-electron chi connectivity index (χ3n) is 5.79. The Balaban J connectivity index is 1.65. The van der Waals surface area contributed by atoms with Crippen LogP contribution in [-0.4, -0.2) is 39.5 Å². The molecule has 1 fully saturated rings. The lowest BCUT2D eigenvalue weighted by Crippen LogP contribution is -2.29. The van der Waals surface area contributed by atoms with Crippen LogP contribution in [0.5, 0.6) is 11.5 Å². The molecule has 2 aromatic heterocycles. The van der Waals surface area contributed by atoms with Crippen molar-refractivity contribution in [2.24, 2.45) is 0 Å². The van der Waals surface area contributed by atoms with E-state index in [9.17, 15) is 14.7 Å². The maximum atomic E-state index is 13.4. The highest BCUT2D eigenvalue weighted by atomic mass is 32.1. The number of fused-ring (bicyclic) bond motifs is 1. The first-order chi connectivity index (χ1) is 17.9. The number of carbonyl (C=O) groups excluding carboxylic acids is 2. The van der Waals surface area contributed by atoms with Gasteiger partial charge in [0, 0.05) is 18.0 Å². The van der Waals surface area contributed by atoms with Gasteiger partial charge in [-0.2, -0.15) is 0 Å². The number of ether oxygens (including phenoxy) is 2. The van der Waals surface area contributed by atoms with E-state index in [-0.39, 0.29) is 17.4 Å². The van der Waals surface area contributed by atoms with Crippen molar-refractivity contribution in [2.45, 2.75) is 32.9 Å². The van der Waals surface area contributed by atoms with Crippen molar-refractivity contribution in [3.8, 4) is 11.5 Å². The van der Waals surface area contributed by atoms with Gasteiger partial charge in [0.2, 0.25) is 0 Å². The molecule has 37 heavy (non-hydrogen) atoms. The third kappa shape index (κ3) is 4.65. The van der Waals surface area contributed by atoms with Crippen molar-refractivity contribution >= 4 is 44.1 Å². The molecule has 1 unspecified atom stereocenters. The molecule has 1 aliphatic heterocycles. The minimum Gasteiger partial charge on any atom is -0.507 e. The van der Waals surface area contributed by atoms with E-state index in [1.54, 1.807) is 48.8 Å². The fourth-order valence-corrected chi connectivity index (χ4v) is 5.30. The number of benzene rings is 2. The van der Waals surface area contributed by atoms with Crippen LogP contribution in [0.15, 0.2) is 72.6 Å². The number of thiazole rings is 1. The molecule has 0 aliphatic carbocycles. The second kappa shape index (κ2) is 10.0. The molecule has 2 aromatic carbocycles. The molecule has 0 bridgehead atoms. The number of aliphatic hydroxyl groups excluding tert-OH is 1. The molecule has 5 rings (SSSR count). The van der Waals surface area contributed by atoms with Gasteiger partial charge in [0.1, 0.15) is 17.3 Å². The zero-order valence-corrected chi connectivity index (χ0v) is 21.4. The predicted octanol–water partition coefficient (Wildman–Crippen LogP) is 5.50. The van der Waals surface area contributed by atoms with Gasteiger partial charge in [0.05, 0.1) is 34.5 Å². The summed E-state index contributed by atoms with van der Waals surface area (Å²) in [6.07, 6.45) is 3.12. The highest BCUT2D eigenvalue weighted by Gasteiger charge is 2.48. The van der Waals surface area contributed by atoms with E-state index in [1.165, 1.54) is 16.2 Å². The molecule has 0 radical (unpaired) electrons. The molecular formula is C28H25N3O5S. The zero-order valence-electron chi connectivity index (χ0n) is 20.5. The summed E-state index contributed by atoms with van der Waals surface area (Å²) in [5, 5.41) is 11.7. The van der Waals surface area contributed by atoms with Crippen LogP contribution < -0.4 is 14.4 Å². The molecule has 1 saturated heterocycles. The summed E-state index contributed by atoms with van der Waals surface area (Å²) in [6.45, 7) is 6.22. The maximum absolute atomic E-state index is 13.4. The number of carbonyl (C=O) groups is 2. The topological polar surface area (TPSA) is 102 Å². The van der Waals surface area contributed by atoms with Crippen molar-refractivity contribution in [1.29, 1.82) is 0 Å². The molecule has 1 atom stereocenters. The van der Waals surface area contributed by atoms with Gasteiger partial charge in [-0.05, 0) is 62.7 Å². The highest BCUT2D eigenvalue weighted by Crippen LogP contribution is 2.44. The van der Waals surface area contributed by atoms with Gasteiger partial charge in [0.15, 0.2) is 5.13 Å². The smallest absolute Gasteiger partial charge is 0.301 e. The van der Waals surface area contributed by atoms with Gasteiger partial charge in [-0.1, -0.05) is 29.5 Å². The highest BCUT2D eigenvalue weighted by molar-refractivity contribution is 7.22. The lowest BCUT2D eigenvalue weighted by molar-refractivity contribution is -0.132. The third-order valence-corrected chi connectivity index (χ3v) is 6.81. The lowest BCUT2D eigenvalue weighted by Gasteiger charge is -2.22. The van der Waals surface area contributed by atoms with Gasteiger partial charge in [-0.3, -0.25) is 19.5 Å². The van der Waals surface area contributed by atoms with Gasteiger partial charge >= 0.3 is 5.91 Å². The van der Waals surface area contributed by atoms with Crippen LogP contribution in [0.3, 0.4) is 0 Å². The second-order valence-electron chi connectivity index (χ2n) is 8.71. The molecule has 0 saturated carbocycles. The standard InChI is InChI=1S/C28H25N3O5S/c1-4-35-19-10-11-21-22(14-19)37-28(30-21)31-24(18-8-6-12-29-15-18)23(26(33)27(31)34)25(32)17-7-5-9-20(13-17)36-16(2)3/h5-16,24,32H,4H2,1-3H3/b25-23+. The average molecular weight is 516 g/mol. The quantitative estimate of drug-likeness (QED) is 0.197. The Morgan fingerprint density at radius 2 is 1.95 bits per heavy atom. The number of Topliss-reactive ketones (excluding diaryl/α,β-unsaturated/α-hetero) is 1. The normalized spacial score (nSPS) is 17.1.